The van der Waals surface area contributed by atoms with E-state index in [0.717, 1.165) is 12.1 Å². The first kappa shape index (κ1) is 13.1. The van der Waals surface area contributed by atoms with Crippen molar-refractivity contribution in [3.05, 3.63) is 52.8 Å². The van der Waals surface area contributed by atoms with E-state index in [-0.39, 0.29) is 16.5 Å². The lowest BCUT2D eigenvalue weighted by Crippen LogP contribution is -2.04. The smallest absolute Gasteiger partial charge is 0.231 e. The molecule has 0 unspecified atom stereocenters. The van der Waals surface area contributed by atoms with Crippen LogP contribution in [0.2, 0.25) is 5.02 Å². The number of halogens is 2. The normalized spacial score (nSPS) is 11.2. The van der Waals surface area contributed by atoms with Crippen LogP contribution in [0, 0.1) is 5.82 Å². The Bertz CT molecular complexity index is 749. The van der Waals surface area contributed by atoms with Crippen LogP contribution in [0.1, 0.15) is 5.56 Å². The summed E-state index contributed by atoms with van der Waals surface area (Å²) < 4.78 is 19.5. The Morgan fingerprint density at radius 2 is 2.15 bits per heavy atom. The van der Waals surface area contributed by atoms with E-state index in [1.165, 1.54) is 6.07 Å². The maximum atomic E-state index is 13.9. The monoisotopic (exact) mass is 290 g/mol. The zero-order chi connectivity index (χ0) is 14.1. The lowest BCUT2D eigenvalue weighted by Gasteiger charge is -1.99. The molecule has 0 spiro atoms. The Labute approximate surface area is 120 Å². The highest BCUT2D eigenvalue weighted by Gasteiger charge is 2.16. The number of nitrogens with zero attached hydrogens (tertiary/aromatic N) is 1. The van der Waals surface area contributed by atoms with Crippen LogP contribution in [0.5, 0.6) is 0 Å². The predicted molar refractivity (Wildman–Crippen MR) is 77.2 cm³/mol. The molecule has 0 radical (unpaired) electrons. The number of benzene rings is 2. The summed E-state index contributed by atoms with van der Waals surface area (Å²) >= 11 is 6.02. The van der Waals surface area contributed by atoms with Crippen molar-refractivity contribution in [3.8, 4) is 11.5 Å². The van der Waals surface area contributed by atoms with Crippen molar-refractivity contribution in [1.29, 1.82) is 0 Å². The van der Waals surface area contributed by atoms with Gasteiger partial charge in [-0.05, 0) is 36.9 Å². The van der Waals surface area contributed by atoms with E-state index >= 15 is 0 Å². The molecule has 0 atom stereocenters. The minimum atomic E-state index is -0.445. The summed E-state index contributed by atoms with van der Waals surface area (Å²) in [5.74, 6) is -0.246. The molecule has 0 saturated heterocycles. The summed E-state index contributed by atoms with van der Waals surface area (Å²) in [6.07, 6.45) is 0. The molecular weight excluding hydrogens is 279 g/mol. The predicted octanol–water partition coefficient (Wildman–Crippen LogP) is 4.01. The number of oxazole rings is 1. The molecule has 1 aromatic heterocycles. The first-order chi connectivity index (χ1) is 9.69. The fourth-order valence-electron chi connectivity index (χ4n) is 2.10. The summed E-state index contributed by atoms with van der Waals surface area (Å²) in [6.45, 7) is 0.735. The first-order valence-electron chi connectivity index (χ1n) is 6.17. The van der Waals surface area contributed by atoms with Gasteiger partial charge in [0.05, 0.1) is 10.6 Å². The molecule has 0 aliphatic carbocycles. The molecular formula is C15H12ClFN2O. The third kappa shape index (κ3) is 2.28. The van der Waals surface area contributed by atoms with Crippen molar-refractivity contribution in [1.82, 2.24) is 10.3 Å². The molecule has 0 fully saturated rings. The van der Waals surface area contributed by atoms with Crippen LogP contribution in [0.15, 0.2) is 40.8 Å². The second kappa shape index (κ2) is 5.23. The minimum Gasteiger partial charge on any atom is -0.436 e. The highest BCUT2D eigenvalue weighted by Crippen LogP contribution is 2.32. The molecule has 0 aliphatic heterocycles. The van der Waals surface area contributed by atoms with Crippen molar-refractivity contribution >= 4 is 22.7 Å². The summed E-state index contributed by atoms with van der Waals surface area (Å²) in [5.41, 5.74) is 2.58. The van der Waals surface area contributed by atoms with Crippen LogP contribution >= 0.6 is 11.6 Å². The van der Waals surface area contributed by atoms with Gasteiger partial charge < -0.3 is 9.73 Å². The largest absolute Gasteiger partial charge is 0.436 e. The zero-order valence-electron chi connectivity index (χ0n) is 10.8. The van der Waals surface area contributed by atoms with E-state index in [1.54, 1.807) is 12.1 Å². The van der Waals surface area contributed by atoms with E-state index in [4.69, 9.17) is 16.0 Å². The average molecular weight is 291 g/mol. The van der Waals surface area contributed by atoms with Crippen LogP contribution in [-0.4, -0.2) is 12.0 Å². The van der Waals surface area contributed by atoms with Gasteiger partial charge >= 0.3 is 0 Å². The number of rotatable bonds is 3. The Morgan fingerprint density at radius 3 is 2.90 bits per heavy atom. The first-order valence-corrected chi connectivity index (χ1v) is 6.55. The van der Waals surface area contributed by atoms with Gasteiger partial charge in [0.2, 0.25) is 5.89 Å². The SMILES string of the molecule is CNCc1ccc2oc(-c3c(F)cccc3Cl)nc2c1. The van der Waals surface area contributed by atoms with Gasteiger partial charge in [-0.3, -0.25) is 0 Å². The fraction of sp³-hybridized carbons (Fsp3) is 0.133. The molecule has 20 heavy (non-hydrogen) atoms. The third-order valence-corrected chi connectivity index (χ3v) is 3.32. The Hall–Kier alpha value is -1.91. The van der Waals surface area contributed by atoms with E-state index in [0.29, 0.717) is 11.1 Å². The summed E-state index contributed by atoms with van der Waals surface area (Å²) in [4.78, 5) is 4.33. The maximum Gasteiger partial charge on any atom is 0.231 e. The fourth-order valence-corrected chi connectivity index (χ4v) is 2.34. The van der Waals surface area contributed by atoms with E-state index in [2.05, 4.69) is 10.3 Å². The van der Waals surface area contributed by atoms with Crippen LogP contribution in [0.25, 0.3) is 22.6 Å². The van der Waals surface area contributed by atoms with Gasteiger partial charge in [0.15, 0.2) is 5.58 Å². The molecule has 0 saturated carbocycles. The van der Waals surface area contributed by atoms with Crippen molar-refractivity contribution in [2.75, 3.05) is 7.05 Å². The van der Waals surface area contributed by atoms with Crippen molar-refractivity contribution in [3.63, 3.8) is 0 Å². The van der Waals surface area contributed by atoms with Gasteiger partial charge in [0.1, 0.15) is 11.3 Å². The van der Waals surface area contributed by atoms with Crippen LogP contribution in [-0.2, 0) is 6.54 Å². The Balaban J connectivity index is 2.13. The molecule has 3 aromatic rings. The Kier molecular flexibility index (Phi) is 3.42. The van der Waals surface area contributed by atoms with E-state index in [1.807, 2.05) is 25.2 Å². The van der Waals surface area contributed by atoms with Gasteiger partial charge in [-0.15, -0.1) is 0 Å². The summed E-state index contributed by atoms with van der Waals surface area (Å²) in [6, 6.07) is 10.2. The topological polar surface area (TPSA) is 38.1 Å². The molecule has 1 N–H and O–H groups in total. The third-order valence-electron chi connectivity index (χ3n) is 3.01. The van der Waals surface area contributed by atoms with Gasteiger partial charge in [0, 0.05) is 6.54 Å². The standard InChI is InChI=1S/C15H12ClFN2O/c1-18-8-9-5-6-13-12(7-9)19-15(20-13)14-10(16)3-2-4-11(14)17/h2-7,18H,8H2,1H3. The van der Waals surface area contributed by atoms with E-state index < -0.39 is 5.82 Å². The van der Waals surface area contributed by atoms with Gasteiger partial charge in [0.25, 0.3) is 0 Å². The number of hydrogen-bond donors (Lipinski definition) is 1. The maximum absolute atomic E-state index is 13.9. The second-order valence-corrected chi connectivity index (χ2v) is 4.86. The second-order valence-electron chi connectivity index (χ2n) is 4.45. The van der Waals surface area contributed by atoms with Crippen molar-refractivity contribution < 1.29 is 8.81 Å². The lowest BCUT2D eigenvalue weighted by molar-refractivity contribution is 0.593. The Morgan fingerprint density at radius 1 is 1.30 bits per heavy atom. The quantitative estimate of drug-likeness (QED) is 0.792. The molecule has 102 valence electrons. The van der Waals surface area contributed by atoms with E-state index in [9.17, 15) is 4.39 Å². The molecule has 3 rings (SSSR count). The minimum absolute atomic E-state index is 0.195. The number of nitrogens with one attached hydrogen (secondary N) is 1. The van der Waals surface area contributed by atoms with Crippen molar-refractivity contribution in [2.45, 2.75) is 6.54 Å². The number of fused-ring (bicyclic) bond motifs is 1. The van der Waals surface area contributed by atoms with Gasteiger partial charge in [-0.25, -0.2) is 9.37 Å². The molecule has 0 bridgehead atoms. The van der Waals surface area contributed by atoms with Gasteiger partial charge in [-0.1, -0.05) is 23.7 Å². The number of hydrogen-bond acceptors (Lipinski definition) is 3. The molecule has 2 aromatic carbocycles. The molecule has 3 nitrogen and oxygen atoms in total. The van der Waals surface area contributed by atoms with Crippen LogP contribution < -0.4 is 5.32 Å². The molecule has 0 amide bonds. The summed E-state index contributed by atoms with van der Waals surface area (Å²) in [7, 11) is 1.87. The highest BCUT2D eigenvalue weighted by atomic mass is 35.5. The molecule has 0 aliphatic rings. The lowest BCUT2D eigenvalue weighted by atomic mass is 10.2. The van der Waals surface area contributed by atoms with Crippen LogP contribution in [0.4, 0.5) is 4.39 Å². The zero-order valence-corrected chi connectivity index (χ0v) is 11.5. The summed E-state index contributed by atoms with van der Waals surface area (Å²) in [5, 5.41) is 3.35. The number of aromatic nitrogens is 1. The average Bonchev–Trinajstić information content (AvgIpc) is 2.81. The van der Waals surface area contributed by atoms with Crippen molar-refractivity contribution in [2.24, 2.45) is 0 Å². The molecule has 5 heteroatoms. The highest BCUT2D eigenvalue weighted by molar-refractivity contribution is 6.33. The van der Waals surface area contributed by atoms with Crippen LogP contribution in [0.3, 0.4) is 0 Å². The molecule has 1 heterocycles. The van der Waals surface area contributed by atoms with Gasteiger partial charge in [-0.2, -0.15) is 0 Å².